The maximum Gasteiger partial charge on any atom is 0.419 e. The average molecular weight is 417 g/mol. The van der Waals surface area contributed by atoms with Crippen LogP contribution in [0, 0.1) is 0 Å². The molecule has 1 atom stereocenters. The molecule has 3 rings (SSSR count). The normalized spacial score (nSPS) is 11.9. The van der Waals surface area contributed by atoms with Crippen molar-refractivity contribution in [3.63, 3.8) is 0 Å². The standard InChI is InChI=1S/C21H21ClN2O5/c1-14(25)23-17(15-7-9-16(22)10-8-15)13-20(26)28-12-4-11-24-18-5-2-3-6-19(18)29-21(24)27/h2-3,5-10,17H,4,11-13H2,1H3,(H,23,25). The third-order valence-electron chi connectivity index (χ3n) is 4.38. The van der Waals surface area contributed by atoms with Crippen molar-refractivity contribution in [3.8, 4) is 0 Å². The fraction of sp³-hybridized carbons (Fsp3) is 0.286. The molecule has 0 bridgehead atoms. The van der Waals surface area contributed by atoms with E-state index < -0.39 is 17.8 Å². The number of aromatic nitrogens is 1. The van der Waals surface area contributed by atoms with Gasteiger partial charge in [0.05, 0.1) is 24.6 Å². The zero-order valence-corrected chi connectivity index (χ0v) is 16.6. The first-order valence-corrected chi connectivity index (χ1v) is 9.58. The van der Waals surface area contributed by atoms with Crippen molar-refractivity contribution in [2.24, 2.45) is 0 Å². The van der Waals surface area contributed by atoms with Crippen LogP contribution >= 0.6 is 11.6 Å². The first kappa shape index (κ1) is 20.7. The molecule has 0 aliphatic heterocycles. The maximum absolute atomic E-state index is 12.2. The molecule has 0 fully saturated rings. The predicted molar refractivity (Wildman–Crippen MR) is 109 cm³/mol. The lowest BCUT2D eigenvalue weighted by Crippen LogP contribution is -2.28. The highest BCUT2D eigenvalue weighted by atomic mass is 35.5. The molecule has 1 heterocycles. The monoisotopic (exact) mass is 416 g/mol. The quantitative estimate of drug-likeness (QED) is 0.448. The fourth-order valence-electron chi connectivity index (χ4n) is 3.05. The molecule has 0 spiro atoms. The van der Waals surface area contributed by atoms with E-state index in [4.69, 9.17) is 20.8 Å². The van der Waals surface area contributed by atoms with Crippen LogP contribution in [-0.4, -0.2) is 23.1 Å². The maximum atomic E-state index is 12.2. The second kappa shape index (κ2) is 9.43. The van der Waals surface area contributed by atoms with Gasteiger partial charge in [0.25, 0.3) is 0 Å². The summed E-state index contributed by atoms with van der Waals surface area (Å²) < 4.78 is 12.0. The smallest absolute Gasteiger partial charge is 0.419 e. The summed E-state index contributed by atoms with van der Waals surface area (Å²) in [5.41, 5.74) is 1.99. The van der Waals surface area contributed by atoms with Gasteiger partial charge in [-0.05, 0) is 36.2 Å². The Balaban J connectivity index is 1.53. The molecule has 1 unspecified atom stereocenters. The number of fused-ring (bicyclic) bond motifs is 1. The number of carbonyl (C=O) groups is 2. The largest absolute Gasteiger partial charge is 0.466 e. The van der Waals surface area contributed by atoms with E-state index in [1.165, 1.54) is 11.5 Å². The van der Waals surface area contributed by atoms with Gasteiger partial charge in [-0.1, -0.05) is 35.9 Å². The number of hydrogen-bond donors (Lipinski definition) is 1. The molecule has 0 aliphatic rings. The van der Waals surface area contributed by atoms with E-state index in [0.717, 1.165) is 5.56 Å². The number of nitrogens with zero attached hydrogens (tertiary/aromatic N) is 1. The molecule has 0 aliphatic carbocycles. The Morgan fingerprint density at radius 2 is 1.90 bits per heavy atom. The van der Waals surface area contributed by atoms with E-state index in [9.17, 15) is 14.4 Å². The van der Waals surface area contributed by atoms with Crippen LogP contribution < -0.4 is 11.1 Å². The molecule has 152 valence electrons. The van der Waals surface area contributed by atoms with Crippen LogP contribution in [0.2, 0.25) is 5.02 Å². The van der Waals surface area contributed by atoms with Gasteiger partial charge in [0.1, 0.15) is 0 Å². The molecule has 0 saturated heterocycles. The third kappa shape index (κ3) is 5.48. The molecule has 0 radical (unpaired) electrons. The van der Waals surface area contributed by atoms with Crippen LogP contribution in [0.15, 0.2) is 57.7 Å². The van der Waals surface area contributed by atoms with Crippen molar-refractivity contribution >= 4 is 34.6 Å². The average Bonchev–Trinajstić information content (AvgIpc) is 3.00. The lowest BCUT2D eigenvalue weighted by Gasteiger charge is -2.17. The zero-order chi connectivity index (χ0) is 20.8. The zero-order valence-electron chi connectivity index (χ0n) is 15.9. The second-order valence-electron chi connectivity index (χ2n) is 6.57. The number of oxazole rings is 1. The topological polar surface area (TPSA) is 90.5 Å². The van der Waals surface area contributed by atoms with Gasteiger partial charge in [-0.2, -0.15) is 0 Å². The predicted octanol–water partition coefficient (Wildman–Crippen LogP) is 3.45. The number of halogens is 1. The summed E-state index contributed by atoms with van der Waals surface area (Å²) in [4.78, 5) is 35.6. The van der Waals surface area contributed by atoms with Crippen molar-refractivity contribution in [1.82, 2.24) is 9.88 Å². The molecule has 0 saturated carbocycles. The molecule has 1 N–H and O–H groups in total. The summed E-state index contributed by atoms with van der Waals surface area (Å²) >= 11 is 5.89. The Morgan fingerprint density at radius 1 is 1.17 bits per heavy atom. The van der Waals surface area contributed by atoms with Gasteiger partial charge in [-0.3, -0.25) is 14.2 Å². The van der Waals surface area contributed by atoms with Gasteiger partial charge in [0.15, 0.2) is 5.58 Å². The Morgan fingerprint density at radius 3 is 2.62 bits per heavy atom. The Hall–Kier alpha value is -3.06. The van der Waals surface area contributed by atoms with Gasteiger partial charge in [0, 0.05) is 18.5 Å². The van der Waals surface area contributed by atoms with E-state index in [-0.39, 0.29) is 18.9 Å². The SMILES string of the molecule is CC(=O)NC(CC(=O)OCCCn1c(=O)oc2ccccc21)c1ccc(Cl)cc1. The molecule has 29 heavy (non-hydrogen) atoms. The summed E-state index contributed by atoms with van der Waals surface area (Å²) in [5.74, 6) is -1.13. The number of amides is 1. The minimum Gasteiger partial charge on any atom is -0.466 e. The second-order valence-corrected chi connectivity index (χ2v) is 7.01. The first-order chi connectivity index (χ1) is 13.9. The number of rotatable bonds is 8. The number of nitrogens with one attached hydrogen (secondary N) is 1. The Labute approximate surface area is 172 Å². The Kier molecular flexibility index (Phi) is 6.72. The summed E-state index contributed by atoms with van der Waals surface area (Å²) in [5, 5.41) is 3.32. The number of para-hydroxylation sites is 2. The molecular weight excluding hydrogens is 396 g/mol. The number of aryl methyl sites for hydroxylation is 1. The van der Waals surface area contributed by atoms with Gasteiger partial charge >= 0.3 is 11.7 Å². The van der Waals surface area contributed by atoms with Crippen LogP contribution in [0.4, 0.5) is 0 Å². The van der Waals surface area contributed by atoms with E-state index in [0.29, 0.717) is 29.1 Å². The number of hydrogen-bond acceptors (Lipinski definition) is 5. The van der Waals surface area contributed by atoms with Gasteiger partial charge in [0.2, 0.25) is 5.91 Å². The van der Waals surface area contributed by atoms with Gasteiger partial charge in [-0.15, -0.1) is 0 Å². The van der Waals surface area contributed by atoms with Crippen molar-refractivity contribution in [1.29, 1.82) is 0 Å². The van der Waals surface area contributed by atoms with E-state index >= 15 is 0 Å². The fourth-order valence-corrected chi connectivity index (χ4v) is 3.18. The summed E-state index contributed by atoms with van der Waals surface area (Å²) in [6.45, 7) is 1.91. The summed E-state index contributed by atoms with van der Waals surface area (Å²) in [6, 6.07) is 13.6. The van der Waals surface area contributed by atoms with Gasteiger partial charge < -0.3 is 14.5 Å². The van der Waals surface area contributed by atoms with Crippen molar-refractivity contribution in [3.05, 3.63) is 69.7 Å². The van der Waals surface area contributed by atoms with Crippen molar-refractivity contribution in [2.75, 3.05) is 6.61 Å². The van der Waals surface area contributed by atoms with E-state index in [1.54, 1.807) is 42.5 Å². The highest BCUT2D eigenvalue weighted by Gasteiger charge is 2.18. The van der Waals surface area contributed by atoms with Crippen LogP contribution in [0.25, 0.3) is 11.1 Å². The number of benzene rings is 2. The minimum atomic E-state index is -0.502. The lowest BCUT2D eigenvalue weighted by atomic mass is 10.0. The van der Waals surface area contributed by atoms with Crippen LogP contribution in [0.3, 0.4) is 0 Å². The summed E-state index contributed by atoms with van der Waals surface area (Å²) in [6.07, 6.45) is 0.455. The molecule has 1 aromatic heterocycles. The number of ether oxygens (including phenoxy) is 1. The molecule has 2 aromatic carbocycles. The lowest BCUT2D eigenvalue weighted by molar-refractivity contribution is -0.144. The number of esters is 1. The molecule has 8 heteroatoms. The molecule has 7 nitrogen and oxygen atoms in total. The van der Waals surface area contributed by atoms with Crippen molar-refractivity contribution < 1.29 is 18.7 Å². The molecule has 3 aromatic rings. The minimum absolute atomic E-state index is 0.00416. The highest BCUT2D eigenvalue weighted by Crippen LogP contribution is 2.20. The highest BCUT2D eigenvalue weighted by molar-refractivity contribution is 6.30. The summed E-state index contributed by atoms with van der Waals surface area (Å²) in [7, 11) is 0. The Bertz CT molecular complexity index is 1050. The van der Waals surface area contributed by atoms with Gasteiger partial charge in [-0.25, -0.2) is 4.79 Å². The van der Waals surface area contributed by atoms with Crippen LogP contribution in [0.5, 0.6) is 0 Å². The number of carbonyl (C=O) groups excluding carboxylic acids is 2. The van der Waals surface area contributed by atoms with E-state index in [1.807, 2.05) is 6.07 Å². The van der Waals surface area contributed by atoms with Crippen LogP contribution in [0.1, 0.15) is 31.4 Å². The third-order valence-corrected chi connectivity index (χ3v) is 4.64. The van der Waals surface area contributed by atoms with Crippen molar-refractivity contribution in [2.45, 2.75) is 32.4 Å². The first-order valence-electron chi connectivity index (χ1n) is 9.20. The molecule has 1 amide bonds. The molecular formula is C21H21ClN2O5. The van der Waals surface area contributed by atoms with E-state index in [2.05, 4.69) is 5.32 Å². The van der Waals surface area contributed by atoms with Crippen LogP contribution in [-0.2, 0) is 20.9 Å².